The van der Waals surface area contributed by atoms with Gasteiger partial charge in [-0.1, -0.05) is 48.5 Å². The first-order valence-electron chi connectivity index (χ1n) is 11.0. The molecule has 0 radical (unpaired) electrons. The van der Waals surface area contributed by atoms with Crippen LogP contribution in [0.2, 0.25) is 0 Å². The summed E-state index contributed by atoms with van der Waals surface area (Å²) in [5, 5.41) is 11.8. The second kappa shape index (κ2) is 9.42. The maximum absolute atomic E-state index is 12.5. The molecule has 0 unspecified atom stereocenters. The fourth-order valence-electron chi connectivity index (χ4n) is 4.31. The Balaban J connectivity index is 1.31. The van der Waals surface area contributed by atoms with E-state index in [4.69, 9.17) is 9.84 Å². The molecule has 1 saturated carbocycles. The van der Waals surface area contributed by atoms with E-state index in [1.165, 1.54) is 4.90 Å². The van der Waals surface area contributed by atoms with Crippen molar-refractivity contribution in [2.45, 2.75) is 38.1 Å². The lowest BCUT2D eigenvalue weighted by molar-refractivity contribution is -0.144. The van der Waals surface area contributed by atoms with E-state index in [-0.39, 0.29) is 31.4 Å². The van der Waals surface area contributed by atoms with Crippen molar-refractivity contribution in [1.82, 2.24) is 10.2 Å². The summed E-state index contributed by atoms with van der Waals surface area (Å²) >= 11 is 0. The molecule has 168 valence electrons. The van der Waals surface area contributed by atoms with Gasteiger partial charge in [-0.15, -0.1) is 0 Å². The molecule has 32 heavy (non-hydrogen) atoms. The van der Waals surface area contributed by atoms with Gasteiger partial charge >= 0.3 is 12.1 Å². The number of rotatable bonds is 9. The summed E-state index contributed by atoms with van der Waals surface area (Å²) in [5.74, 6) is -0.944. The van der Waals surface area contributed by atoms with Crippen LogP contribution in [0.3, 0.4) is 0 Å². The van der Waals surface area contributed by atoms with E-state index in [1.807, 2.05) is 24.3 Å². The largest absolute Gasteiger partial charge is 0.480 e. The van der Waals surface area contributed by atoms with Gasteiger partial charge in [-0.05, 0) is 47.9 Å². The van der Waals surface area contributed by atoms with E-state index >= 15 is 0 Å². The van der Waals surface area contributed by atoms with Crippen LogP contribution in [0, 0.1) is 5.92 Å². The molecule has 0 spiro atoms. The number of carbonyl (C=O) groups excluding carboxylic acids is 2. The summed E-state index contributed by atoms with van der Waals surface area (Å²) in [5.41, 5.74) is 4.58. The molecule has 2 aliphatic rings. The quantitative estimate of drug-likeness (QED) is 0.626. The zero-order valence-electron chi connectivity index (χ0n) is 18.1. The lowest BCUT2D eigenvalue weighted by Gasteiger charge is -2.23. The monoisotopic (exact) mass is 436 g/mol. The number of hydrogen-bond acceptors (Lipinski definition) is 4. The highest BCUT2D eigenvalue weighted by molar-refractivity contribution is 5.82. The Bertz CT molecular complexity index is 971. The van der Waals surface area contributed by atoms with Crippen LogP contribution in [0.25, 0.3) is 11.1 Å². The molecule has 2 aromatic rings. The standard InChI is InChI=1S/C25H28N2O5/c1-16(12-23(28)27(14-24(29)30)13-17-10-11-17)26-25(31)32-15-22-20-8-4-2-6-18(20)19-7-3-5-9-21(19)22/h2-9,16-17,22H,10-15H2,1H3,(H,26,31)(H,29,30)/t16-/m1/s1. The number of nitrogens with zero attached hydrogens (tertiary/aromatic N) is 1. The Morgan fingerprint density at radius 2 is 1.66 bits per heavy atom. The number of hydrogen-bond donors (Lipinski definition) is 2. The number of carboxylic acids is 1. The highest BCUT2D eigenvalue weighted by Crippen LogP contribution is 2.44. The number of carboxylic acid groups (broad SMARTS) is 1. The minimum absolute atomic E-state index is 0.0319. The van der Waals surface area contributed by atoms with Gasteiger partial charge in [0.25, 0.3) is 0 Å². The van der Waals surface area contributed by atoms with Gasteiger partial charge < -0.3 is 20.1 Å². The van der Waals surface area contributed by atoms with Crippen molar-refractivity contribution in [3.8, 4) is 11.1 Å². The van der Waals surface area contributed by atoms with Crippen LogP contribution in [-0.2, 0) is 14.3 Å². The van der Waals surface area contributed by atoms with Crippen molar-refractivity contribution < 1.29 is 24.2 Å². The second-order valence-electron chi connectivity index (χ2n) is 8.69. The first kappa shape index (κ1) is 21.9. The van der Waals surface area contributed by atoms with Crippen molar-refractivity contribution in [1.29, 1.82) is 0 Å². The summed E-state index contributed by atoms with van der Waals surface area (Å²) < 4.78 is 5.52. The minimum Gasteiger partial charge on any atom is -0.480 e. The van der Waals surface area contributed by atoms with Crippen LogP contribution in [0.4, 0.5) is 4.79 Å². The van der Waals surface area contributed by atoms with Gasteiger partial charge in [-0.2, -0.15) is 0 Å². The summed E-state index contributed by atoms with van der Waals surface area (Å²) in [6, 6.07) is 15.8. The number of fused-ring (bicyclic) bond motifs is 3. The molecule has 0 heterocycles. The lowest BCUT2D eigenvalue weighted by Crippen LogP contribution is -2.42. The van der Waals surface area contributed by atoms with Crippen LogP contribution in [0.5, 0.6) is 0 Å². The van der Waals surface area contributed by atoms with Crippen molar-refractivity contribution in [3.05, 3.63) is 59.7 Å². The van der Waals surface area contributed by atoms with Crippen LogP contribution in [-0.4, -0.2) is 53.7 Å². The van der Waals surface area contributed by atoms with Crippen molar-refractivity contribution in [2.75, 3.05) is 19.7 Å². The molecule has 0 saturated heterocycles. The van der Waals surface area contributed by atoms with Crippen molar-refractivity contribution >= 4 is 18.0 Å². The molecule has 7 heteroatoms. The van der Waals surface area contributed by atoms with E-state index in [0.717, 1.165) is 35.1 Å². The van der Waals surface area contributed by atoms with Gasteiger partial charge in [0.05, 0.1) is 0 Å². The topological polar surface area (TPSA) is 95.9 Å². The third-order valence-electron chi connectivity index (χ3n) is 6.04. The molecular weight excluding hydrogens is 408 g/mol. The Hall–Kier alpha value is -3.35. The number of amides is 2. The fourth-order valence-corrected chi connectivity index (χ4v) is 4.31. The minimum atomic E-state index is -1.03. The zero-order valence-corrected chi connectivity index (χ0v) is 18.1. The van der Waals surface area contributed by atoms with Crippen LogP contribution >= 0.6 is 0 Å². The number of nitrogens with one attached hydrogen (secondary N) is 1. The summed E-state index contributed by atoms with van der Waals surface area (Å²) in [7, 11) is 0. The van der Waals surface area contributed by atoms with E-state index in [2.05, 4.69) is 29.6 Å². The highest BCUT2D eigenvalue weighted by Gasteiger charge is 2.30. The van der Waals surface area contributed by atoms with Gasteiger partial charge in [-0.25, -0.2) is 4.79 Å². The molecule has 0 bridgehead atoms. The van der Waals surface area contributed by atoms with Crippen LogP contribution in [0.1, 0.15) is 43.2 Å². The molecule has 4 rings (SSSR count). The van der Waals surface area contributed by atoms with E-state index in [1.54, 1.807) is 6.92 Å². The smallest absolute Gasteiger partial charge is 0.407 e. The molecule has 2 aliphatic carbocycles. The predicted molar refractivity (Wildman–Crippen MR) is 119 cm³/mol. The molecule has 7 nitrogen and oxygen atoms in total. The maximum Gasteiger partial charge on any atom is 0.407 e. The summed E-state index contributed by atoms with van der Waals surface area (Å²) in [4.78, 5) is 37.4. The average molecular weight is 437 g/mol. The Morgan fingerprint density at radius 1 is 1.06 bits per heavy atom. The highest BCUT2D eigenvalue weighted by atomic mass is 16.5. The van der Waals surface area contributed by atoms with Crippen molar-refractivity contribution in [2.24, 2.45) is 5.92 Å². The van der Waals surface area contributed by atoms with Gasteiger partial charge in [0.1, 0.15) is 13.2 Å². The normalized spacial score (nSPS) is 15.4. The predicted octanol–water partition coefficient (Wildman–Crippen LogP) is 3.63. The SMILES string of the molecule is C[C@H](CC(=O)N(CC(=O)O)CC1CC1)NC(=O)OCC1c2ccccc2-c2ccccc21. The number of alkyl carbamates (subject to hydrolysis) is 1. The average Bonchev–Trinajstić information content (AvgIpc) is 3.52. The Kier molecular flexibility index (Phi) is 6.44. The summed E-state index contributed by atoms with van der Waals surface area (Å²) in [6.07, 6.45) is 1.50. The zero-order chi connectivity index (χ0) is 22.7. The second-order valence-corrected chi connectivity index (χ2v) is 8.69. The molecule has 2 amide bonds. The van der Waals surface area contributed by atoms with Gasteiger partial charge in [0.2, 0.25) is 5.91 Å². The lowest BCUT2D eigenvalue weighted by atomic mass is 9.98. The maximum atomic E-state index is 12.5. The van der Waals surface area contributed by atoms with E-state index in [0.29, 0.717) is 12.5 Å². The van der Waals surface area contributed by atoms with Crippen molar-refractivity contribution in [3.63, 3.8) is 0 Å². The number of benzene rings is 2. The van der Waals surface area contributed by atoms with Gasteiger partial charge in [0, 0.05) is 24.9 Å². The van der Waals surface area contributed by atoms with Gasteiger partial charge in [-0.3, -0.25) is 9.59 Å². The molecule has 1 atom stereocenters. The number of carbonyl (C=O) groups is 3. The number of aliphatic carboxylic acids is 1. The molecule has 2 aromatic carbocycles. The number of ether oxygens (including phenoxy) is 1. The first-order chi connectivity index (χ1) is 15.4. The molecule has 0 aliphatic heterocycles. The third kappa shape index (κ3) is 5.10. The molecule has 0 aromatic heterocycles. The molecular formula is C25H28N2O5. The molecule has 2 N–H and O–H groups in total. The fraction of sp³-hybridized carbons (Fsp3) is 0.400. The Labute approximate surface area is 187 Å². The van der Waals surface area contributed by atoms with Crippen LogP contribution in [0.15, 0.2) is 48.5 Å². The first-order valence-corrected chi connectivity index (χ1v) is 11.0. The van der Waals surface area contributed by atoms with Gasteiger partial charge in [0.15, 0.2) is 0 Å². The van der Waals surface area contributed by atoms with Crippen LogP contribution < -0.4 is 5.32 Å². The van der Waals surface area contributed by atoms with E-state index in [9.17, 15) is 14.4 Å². The third-order valence-corrected chi connectivity index (χ3v) is 6.04. The van der Waals surface area contributed by atoms with E-state index < -0.39 is 18.1 Å². The molecule has 1 fully saturated rings. The Morgan fingerprint density at radius 3 is 2.22 bits per heavy atom. The summed E-state index contributed by atoms with van der Waals surface area (Å²) in [6.45, 7) is 2.07.